The second-order valence-corrected chi connectivity index (χ2v) is 4.12. The molecule has 0 fully saturated rings. The molecule has 4 heteroatoms. The third-order valence-corrected chi connectivity index (χ3v) is 2.71. The topological polar surface area (TPSA) is 51.3 Å². The SMILES string of the molecule is COCCCCOc1ccc2ccc(=O)[nH]c2c1. The third kappa shape index (κ3) is 3.34. The number of unbranched alkanes of at least 4 members (excludes halogenated alkanes) is 1. The maximum absolute atomic E-state index is 11.2. The van der Waals surface area contributed by atoms with Crippen molar-refractivity contribution < 1.29 is 9.47 Å². The van der Waals surface area contributed by atoms with Gasteiger partial charge in [0.15, 0.2) is 0 Å². The lowest BCUT2D eigenvalue weighted by atomic mass is 10.2. The third-order valence-electron chi connectivity index (χ3n) is 2.71. The van der Waals surface area contributed by atoms with Gasteiger partial charge in [-0.25, -0.2) is 0 Å². The molecular weight excluding hydrogens is 230 g/mol. The Bertz CT molecular complexity index is 562. The molecule has 1 aromatic heterocycles. The van der Waals surface area contributed by atoms with E-state index in [1.807, 2.05) is 18.2 Å². The monoisotopic (exact) mass is 247 g/mol. The fraction of sp³-hybridized carbons (Fsp3) is 0.357. The van der Waals surface area contributed by atoms with E-state index in [1.165, 1.54) is 6.07 Å². The van der Waals surface area contributed by atoms with E-state index in [4.69, 9.17) is 9.47 Å². The summed E-state index contributed by atoms with van der Waals surface area (Å²) in [7, 11) is 1.69. The van der Waals surface area contributed by atoms with E-state index < -0.39 is 0 Å². The van der Waals surface area contributed by atoms with Crippen molar-refractivity contribution in [3.63, 3.8) is 0 Å². The molecule has 0 saturated heterocycles. The van der Waals surface area contributed by atoms with Crippen molar-refractivity contribution in [2.24, 2.45) is 0 Å². The van der Waals surface area contributed by atoms with Crippen LogP contribution in [0.25, 0.3) is 10.9 Å². The molecule has 1 N–H and O–H groups in total. The molecule has 0 saturated carbocycles. The number of ether oxygens (including phenoxy) is 2. The highest BCUT2D eigenvalue weighted by Gasteiger charge is 1.98. The second kappa shape index (κ2) is 6.21. The Morgan fingerprint density at radius 3 is 2.72 bits per heavy atom. The van der Waals surface area contributed by atoms with E-state index in [9.17, 15) is 4.79 Å². The summed E-state index contributed by atoms with van der Waals surface area (Å²) in [5.41, 5.74) is 0.705. The normalized spacial score (nSPS) is 10.7. The maximum atomic E-state index is 11.2. The first-order chi connectivity index (χ1) is 8.79. The zero-order valence-corrected chi connectivity index (χ0v) is 10.4. The number of nitrogens with one attached hydrogen (secondary N) is 1. The number of fused-ring (bicyclic) bond motifs is 1. The van der Waals surface area contributed by atoms with Gasteiger partial charge in [0.25, 0.3) is 0 Å². The quantitative estimate of drug-likeness (QED) is 0.797. The Morgan fingerprint density at radius 2 is 1.89 bits per heavy atom. The molecule has 0 aliphatic heterocycles. The number of pyridine rings is 1. The minimum atomic E-state index is -0.0975. The van der Waals surface area contributed by atoms with Gasteiger partial charge in [0.2, 0.25) is 5.56 Å². The van der Waals surface area contributed by atoms with Gasteiger partial charge < -0.3 is 14.5 Å². The predicted molar refractivity (Wildman–Crippen MR) is 71.2 cm³/mol. The summed E-state index contributed by atoms with van der Waals surface area (Å²) in [6.07, 6.45) is 1.94. The Hall–Kier alpha value is -1.81. The van der Waals surface area contributed by atoms with Crippen LogP contribution in [0.4, 0.5) is 0 Å². The number of aromatic nitrogens is 1. The first-order valence-corrected chi connectivity index (χ1v) is 6.04. The lowest BCUT2D eigenvalue weighted by Gasteiger charge is -2.06. The number of hydrogen-bond donors (Lipinski definition) is 1. The van der Waals surface area contributed by atoms with E-state index >= 15 is 0 Å². The Labute approximate surface area is 106 Å². The van der Waals surface area contributed by atoms with Crippen molar-refractivity contribution in [1.29, 1.82) is 0 Å². The van der Waals surface area contributed by atoms with Crippen LogP contribution < -0.4 is 10.3 Å². The highest BCUT2D eigenvalue weighted by Crippen LogP contribution is 2.18. The summed E-state index contributed by atoms with van der Waals surface area (Å²) in [6.45, 7) is 1.42. The van der Waals surface area contributed by atoms with Crippen LogP contribution in [0.5, 0.6) is 5.75 Å². The number of rotatable bonds is 6. The van der Waals surface area contributed by atoms with Crippen molar-refractivity contribution in [2.75, 3.05) is 20.3 Å². The van der Waals surface area contributed by atoms with E-state index in [0.29, 0.717) is 6.61 Å². The minimum Gasteiger partial charge on any atom is -0.494 e. The van der Waals surface area contributed by atoms with Crippen LogP contribution in [0.3, 0.4) is 0 Å². The minimum absolute atomic E-state index is 0.0975. The first-order valence-electron chi connectivity index (χ1n) is 6.04. The van der Waals surface area contributed by atoms with E-state index in [1.54, 1.807) is 13.2 Å². The predicted octanol–water partition coefficient (Wildman–Crippen LogP) is 2.33. The molecule has 96 valence electrons. The van der Waals surface area contributed by atoms with Gasteiger partial charge in [-0.05, 0) is 36.4 Å². The van der Waals surface area contributed by atoms with Gasteiger partial charge in [-0.15, -0.1) is 0 Å². The highest BCUT2D eigenvalue weighted by atomic mass is 16.5. The number of aromatic amines is 1. The first kappa shape index (κ1) is 12.6. The van der Waals surface area contributed by atoms with Gasteiger partial charge in [0.1, 0.15) is 5.75 Å². The molecule has 0 unspecified atom stereocenters. The number of benzene rings is 1. The Balaban J connectivity index is 1.99. The Kier molecular flexibility index (Phi) is 4.36. The molecule has 0 bridgehead atoms. The largest absolute Gasteiger partial charge is 0.494 e. The average Bonchev–Trinajstić information content (AvgIpc) is 2.38. The van der Waals surface area contributed by atoms with E-state index in [0.717, 1.165) is 36.1 Å². The van der Waals surface area contributed by atoms with Crippen LogP contribution in [0.2, 0.25) is 0 Å². The molecule has 4 nitrogen and oxygen atoms in total. The zero-order chi connectivity index (χ0) is 12.8. The molecule has 0 aliphatic carbocycles. The molecule has 2 aromatic rings. The van der Waals surface area contributed by atoms with Crippen LogP contribution in [-0.4, -0.2) is 25.3 Å². The molecule has 0 radical (unpaired) electrons. The molecule has 0 spiro atoms. The second-order valence-electron chi connectivity index (χ2n) is 4.12. The molecule has 0 aliphatic rings. The molecular formula is C14H17NO3. The van der Waals surface area contributed by atoms with Crippen molar-refractivity contribution >= 4 is 10.9 Å². The average molecular weight is 247 g/mol. The zero-order valence-electron chi connectivity index (χ0n) is 10.4. The lowest BCUT2D eigenvalue weighted by Crippen LogP contribution is -2.03. The van der Waals surface area contributed by atoms with Gasteiger partial charge in [-0.2, -0.15) is 0 Å². The standard InChI is InChI=1S/C14H17NO3/c1-17-8-2-3-9-18-12-6-4-11-5-7-14(16)15-13(11)10-12/h4-7,10H,2-3,8-9H2,1H3,(H,15,16). The Morgan fingerprint density at radius 1 is 1.11 bits per heavy atom. The molecule has 2 rings (SSSR count). The van der Waals surface area contributed by atoms with Crippen molar-refractivity contribution in [3.8, 4) is 5.75 Å². The van der Waals surface area contributed by atoms with Crippen LogP contribution in [0.15, 0.2) is 35.1 Å². The number of hydrogen-bond acceptors (Lipinski definition) is 3. The molecule has 18 heavy (non-hydrogen) atoms. The highest BCUT2D eigenvalue weighted by molar-refractivity contribution is 5.79. The van der Waals surface area contributed by atoms with Gasteiger partial charge in [0.05, 0.1) is 12.1 Å². The lowest BCUT2D eigenvalue weighted by molar-refractivity contribution is 0.184. The van der Waals surface area contributed by atoms with Crippen molar-refractivity contribution in [3.05, 3.63) is 40.7 Å². The molecule has 0 amide bonds. The van der Waals surface area contributed by atoms with Gasteiger partial charge in [-0.3, -0.25) is 4.79 Å². The number of H-pyrrole nitrogens is 1. The van der Waals surface area contributed by atoms with E-state index in [-0.39, 0.29) is 5.56 Å². The molecule has 1 heterocycles. The smallest absolute Gasteiger partial charge is 0.248 e. The fourth-order valence-electron chi connectivity index (χ4n) is 1.76. The van der Waals surface area contributed by atoms with Crippen LogP contribution in [0.1, 0.15) is 12.8 Å². The number of methoxy groups -OCH3 is 1. The molecule has 0 atom stereocenters. The summed E-state index contributed by atoms with van der Waals surface area (Å²) in [5.74, 6) is 0.779. The maximum Gasteiger partial charge on any atom is 0.248 e. The summed E-state index contributed by atoms with van der Waals surface area (Å²) in [6, 6.07) is 9.03. The summed E-state index contributed by atoms with van der Waals surface area (Å²) < 4.78 is 10.6. The summed E-state index contributed by atoms with van der Waals surface area (Å²) in [4.78, 5) is 14.0. The van der Waals surface area contributed by atoms with Crippen molar-refractivity contribution in [2.45, 2.75) is 12.8 Å². The van der Waals surface area contributed by atoms with Crippen molar-refractivity contribution in [1.82, 2.24) is 4.98 Å². The summed E-state index contributed by atoms with van der Waals surface area (Å²) in [5, 5.41) is 1.00. The molecule has 1 aromatic carbocycles. The van der Waals surface area contributed by atoms with Crippen LogP contribution in [-0.2, 0) is 4.74 Å². The van der Waals surface area contributed by atoms with Gasteiger partial charge in [0, 0.05) is 25.8 Å². The van der Waals surface area contributed by atoms with E-state index in [2.05, 4.69) is 4.98 Å². The fourth-order valence-corrected chi connectivity index (χ4v) is 1.76. The van der Waals surface area contributed by atoms with Gasteiger partial charge in [-0.1, -0.05) is 0 Å². The summed E-state index contributed by atoms with van der Waals surface area (Å²) >= 11 is 0. The van der Waals surface area contributed by atoms with Gasteiger partial charge >= 0.3 is 0 Å². The van der Waals surface area contributed by atoms with Crippen LogP contribution >= 0.6 is 0 Å². The van der Waals surface area contributed by atoms with Crippen LogP contribution in [0, 0.1) is 0 Å².